The number of benzene rings is 1. The molecule has 1 saturated carbocycles. The molecule has 0 bridgehead atoms. The molecule has 0 aliphatic heterocycles. The van der Waals surface area contributed by atoms with Gasteiger partial charge in [-0.3, -0.25) is 0 Å². The van der Waals surface area contributed by atoms with Gasteiger partial charge in [0, 0.05) is 11.1 Å². The Bertz CT molecular complexity index is 416. The molecule has 2 nitrogen and oxygen atoms in total. The van der Waals surface area contributed by atoms with Crippen LogP contribution in [0.4, 0.5) is 0 Å². The van der Waals surface area contributed by atoms with Gasteiger partial charge in [-0.15, -0.1) is 0 Å². The van der Waals surface area contributed by atoms with E-state index in [1.807, 2.05) is 0 Å². The second-order valence-corrected chi connectivity index (χ2v) is 5.73. The molecule has 0 aromatic heterocycles. The molecule has 2 unspecified atom stereocenters. The first-order chi connectivity index (χ1) is 8.59. The number of methoxy groups -OCH3 is 1. The van der Waals surface area contributed by atoms with E-state index in [9.17, 15) is 0 Å². The topological polar surface area (TPSA) is 35.2 Å². The maximum Gasteiger partial charge on any atom is 0.123 e. The second kappa shape index (κ2) is 5.31. The third-order valence-corrected chi connectivity index (χ3v) is 4.36. The van der Waals surface area contributed by atoms with Gasteiger partial charge in [0.1, 0.15) is 5.75 Å². The molecule has 0 saturated heterocycles. The second-order valence-electron chi connectivity index (χ2n) is 5.73. The van der Waals surface area contributed by atoms with Crippen molar-refractivity contribution in [2.45, 2.75) is 51.5 Å². The van der Waals surface area contributed by atoms with E-state index in [0.29, 0.717) is 0 Å². The SMILES string of the molecule is CCC1CCCC(N)(c2cc(C)ccc2OC)C1. The van der Waals surface area contributed by atoms with Crippen molar-refractivity contribution in [2.75, 3.05) is 7.11 Å². The van der Waals surface area contributed by atoms with Crippen molar-refractivity contribution in [3.05, 3.63) is 29.3 Å². The summed E-state index contributed by atoms with van der Waals surface area (Å²) in [4.78, 5) is 0. The third-order valence-electron chi connectivity index (χ3n) is 4.36. The predicted octanol–water partition coefficient (Wildman–Crippen LogP) is 3.76. The molecule has 18 heavy (non-hydrogen) atoms. The largest absolute Gasteiger partial charge is 0.496 e. The standard InChI is InChI=1S/C16H25NO/c1-4-13-6-5-9-16(17,11-13)14-10-12(2)7-8-15(14)18-3/h7-8,10,13H,4-6,9,11,17H2,1-3H3. The number of nitrogens with two attached hydrogens (primary N) is 1. The van der Waals surface area contributed by atoms with Crippen LogP contribution in [0, 0.1) is 12.8 Å². The van der Waals surface area contributed by atoms with E-state index < -0.39 is 0 Å². The van der Waals surface area contributed by atoms with Gasteiger partial charge in [-0.05, 0) is 31.7 Å². The van der Waals surface area contributed by atoms with Crippen LogP contribution >= 0.6 is 0 Å². The molecule has 100 valence electrons. The van der Waals surface area contributed by atoms with Crippen molar-refractivity contribution in [3.63, 3.8) is 0 Å². The maximum atomic E-state index is 6.71. The molecule has 2 atom stereocenters. The van der Waals surface area contributed by atoms with E-state index in [-0.39, 0.29) is 5.54 Å². The third kappa shape index (κ3) is 2.54. The molecule has 2 rings (SSSR count). The Balaban J connectivity index is 2.36. The van der Waals surface area contributed by atoms with E-state index in [1.54, 1.807) is 7.11 Å². The molecule has 1 aliphatic carbocycles. The molecule has 2 N–H and O–H groups in total. The lowest BCUT2D eigenvalue weighted by Gasteiger charge is -2.39. The van der Waals surface area contributed by atoms with Gasteiger partial charge in [-0.2, -0.15) is 0 Å². The fourth-order valence-corrected chi connectivity index (χ4v) is 3.23. The number of hydrogen-bond acceptors (Lipinski definition) is 2. The molecule has 0 spiro atoms. The zero-order chi connectivity index (χ0) is 13.2. The van der Waals surface area contributed by atoms with Gasteiger partial charge in [0.2, 0.25) is 0 Å². The van der Waals surface area contributed by atoms with Crippen LogP contribution < -0.4 is 10.5 Å². The van der Waals surface area contributed by atoms with Crippen LogP contribution in [0.25, 0.3) is 0 Å². The first-order valence-electron chi connectivity index (χ1n) is 7.03. The van der Waals surface area contributed by atoms with Crippen molar-refractivity contribution in [1.29, 1.82) is 0 Å². The van der Waals surface area contributed by atoms with Gasteiger partial charge in [0.15, 0.2) is 0 Å². The van der Waals surface area contributed by atoms with Crippen LogP contribution in [-0.2, 0) is 5.54 Å². The number of hydrogen-bond donors (Lipinski definition) is 1. The first kappa shape index (κ1) is 13.4. The quantitative estimate of drug-likeness (QED) is 0.882. The molecule has 1 aromatic rings. The van der Waals surface area contributed by atoms with Crippen molar-refractivity contribution in [3.8, 4) is 5.75 Å². The number of aryl methyl sites for hydroxylation is 1. The van der Waals surface area contributed by atoms with E-state index in [2.05, 4.69) is 32.0 Å². The first-order valence-corrected chi connectivity index (χ1v) is 7.03. The average Bonchev–Trinajstić information content (AvgIpc) is 2.38. The van der Waals surface area contributed by atoms with E-state index in [0.717, 1.165) is 24.5 Å². The Morgan fingerprint density at radius 2 is 2.22 bits per heavy atom. The normalized spacial score (nSPS) is 28.1. The van der Waals surface area contributed by atoms with Crippen molar-refractivity contribution >= 4 is 0 Å². The molecule has 1 fully saturated rings. The summed E-state index contributed by atoms with van der Waals surface area (Å²) in [7, 11) is 1.73. The zero-order valence-electron chi connectivity index (χ0n) is 11.8. The summed E-state index contributed by atoms with van der Waals surface area (Å²) in [5.41, 5.74) is 8.97. The Hall–Kier alpha value is -1.02. The lowest BCUT2D eigenvalue weighted by molar-refractivity contribution is 0.216. The van der Waals surface area contributed by atoms with Gasteiger partial charge in [0.05, 0.1) is 7.11 Å². The van der Waals surface area contributed by atoms with Crippen LogP contribution in [0.15, 0.2) is 18.2 Å². The van der Waals surface area contributed by atoms with Crippen LogP contribution in [0.5, 0.6) is 5.75 Å². The summed E-state index contributed by atoms with van der Waals surface area (Å²) in [5, 5.41) is 0. The van der Waals surface area contributed by atoms with E-state index in [4.69, 9.17) is 10.5 Å². The highest BCUT2D eigenvalue weighted by Gasteiger charge is 2.35. The average molecular weight is 247 g/mol. The summed E-state index contributed by atoms with van der Waals surface area (Å²) < 4.78 is 5.51. The molecule has 0 radical (unpaired) electrons. The van der Waals surface area contributed by atoms with Gasteiger partial charge >= 0.3 is 0 Å². The highest BCUT2D eigenvalue weighted by atomic mass is 16.5. The van der Waals surface area contributed by atoms with Gasteiger partial charge in [-0.25, -0.2) is 0 Å². The Morgan fingerprint density at radius 3 is 2.89 bits per heavy atom. The van der Waals surface area contributed by atoms with Crippen LogP contribution in [-0.4, -0.2) is 7.11 Å². The molecule has 1 aliphatic rings. The molecule has 1 aromatic carbocycles. The molecule has 0 amide bonds. The number of rotatable bonds is 3. The summed E-state index contributed by atoms with van der Waals surface area (Å²) in [6.45, 7) is 4.39. The summed E-state index contributed by atoms with van der Waals surface area (Å²) in [5.74, 6) is 1.70. The molecule has 0 heterocycles. The highest BCUT2D eigenvalue weighted by Crippen LogP contribution is 2.42. The van der Waals surface area contributed by atoms with Crippen LogP contribution in [0.2, 0.25) is 0 Å². The van der Waals surface area contributed by atoms with Crippen molar-refractivity contribution in [2.24, 2.45) is 11.7 Å². The molecular formula is C16H25NO. The minimum Gasteiger partial charge on any atom is -0.496 e. The van der Waals surface area contributed by atoms with Crippen LogP contribution in [0.3, 0.4) is 0 Å². The van der Waals surface area contributed by atoms with Gasteiger partial charge < -0.3 is 10.5 Å². The Labute approximate surface area is 111 Å². The lowest BCUT2D eigenvalue weighted by Crippen LogP contribution is -2.41. The van der Waals surface area contributed by atoms with Crippen molar-refractivity contribution < 1.29 is 4.74 Å². The minimum absolute atomic E-state index is 0.198. The Kier molecular flexibility index (Phi) is 3.96. The van der Waals surface area contributed by atoms with Crippen molar-refractivity contribution in [1.82, 2.24) is 0 Å². The fraction of sp³-hybridized carbons (Fsp3) is 0.625. The Morgan fingerprint density at radius 1 is 1.44 bits per heavy atom. The molecule has 2 heteroatoms. The summed E-state index contributed by atoms with van der Waals surface area (Å²) in [6, 6.07) is 6.34. The smallest absolute Gasteiger partial charge is 0.123 e. The highest BCUT2D eigenvalue weighted by molar-refractivity contribution is 5.42. The summed E-state index contributed by atoms with van der Waals surface area (Å²) >= 11 is 0. The van der Waals surface area contributed by atoms with Gasteiger partial charge in [0.25, 0.3) is 0 Å². The van der Waals surface area contributed by atoms with E-state index >= 15 is 0 Å². The van der Waals surface area contributed by atoms with Gasteiger partial charge in [-0.1, -0.05) is 43.9 Å². The predicted molar refractivity (Wildman–Crippen MR) is 75.8 cm³/mol. The van der Waals surface area contributed by atoms with E-state index in [1.165, 1.54) is 30.4 Å². The molecular weight excluding hydrogens is 222 g/mol. The maximum absolute atomic E-state index is 6.71. The number of ether oxygens (including phenoxy) is 1. The lowest BCUT2D eigenvalue weighted by atomic mass is 9.71. The van der Waals surface area contributed by atoms with Crippen LogP contribution in [0.1, 0.15) is 50.2 Å². The summed E-state index contributed by atoms with van der Waals surface area (Å²) in [6.07, 6.45) is 5.94. The monoisotopic (exact) mass is 247 g/mol. The fourth-order valence-electron chi connectivity index (χ4n) is 3.23. The minimum atomic E-state index is -0.198. The zero-order valence-corrected chi connectivity index (χ0v) is 11.8.